The number of benzene rings is 1. The molecular formula is C16H23NO3. The zero-order valence-corrected chi connectivity index (χ0v) is 12.2. The molecule has 0 heterocycles. The van der Waals surface area contributed by atoms with Crippen LogP contribution in [0.4, 0.5) is 0 Å². The van der Waals surface area contributed by atoms with Crippen LogP contribution in [-0.2, 0) is 16.0 Å². The van der Waals surface area contributed by atoms with Crippen molar-refractivity contribution in [1.29, 1.82) is 0 Å². The van der Waals surface area contributed by atoms with Crippen molar-refractivity contribution < 1.29 is 14.3 Å². The van der Waals surface area contributed by atoms with Crippen molar-refractivity contribution in [2.45, 2.75) is 50.7 Å². The minimum absolute atomic E-state index is 0.0275. The van der Waals surface area contributed by atoms with Gasteiger partial charge >= 0.3 is 5.97 Å². The second-order valence-corrected chi connectivity index (χ2v) is 5.48. The van der Waals surface area contributed by atoms with E-state index in [1.807, 2.05) is 12.1 Å². The SMILES string of the molecule is CCc1ccc(OC2CCCC(N)(C(=O)OC)C2)cc1. The van der Waals surface area contributed by atoms with E-state index >= 15 is 0 Å². The summed E-state index contributed by atoms with van der Waals surface area (Å²) in [4.78, 5) is 11.8. The van der Waals surface area contributed by atoms with Gasteiger partial charge in [-0.3, -0.25) is 4.79 Å². The number of hydrogen-bond acceptors (Lipinski definition) is 4. The molecule has 1 aromatic carbocycles. The van der Waals surface area contributed by atoms with Gasteiger partial charge in [0.1, 0.15) is 17.4 Å². The third-order valence-corrected chi connectivity index (χ3v) is 3.97. The number of rotatable bonds is 4. The average Bonchev–Trinajstić information content (AvgIpc) is 2.47. The molecule has 2 rings (SSSR count). The van der Waals surface area contributed by atoms with Gasteiger partial charge in [0.15, 0.2) is 0 Å². The van der Waals surface area contributed by atoms with Gasteiger partial charge in [-0.15, -0.1) is 0 Å². The topological polar surface area (TPSA) is 61.5 Å². The van der Waals surface area contributed by atoms with Crippen LogP contribution in [0, 0.1) is 0 Å². The number of carbonyl (C=O) groups excluding carboxylic acids is 1. The zero-order chi connectivity index (χ0) is 14.6. The summed E-state index contributed by atoms with van der Waals surface area (Å²) in [7, 11) is 1.38. The van der Waals surface area contributed by atoms with Gasteiger partial charge in [-0.1, -0.05) is 19.1 Å². The Morgan fingerprint density at radius 1 is 1.40 bits per heavy atom. The van der Waals surface area contributed by atoms with E-state index in [0.717, 1.165) is 25.0 Å². The van der Waals surface area contributed by atoms with E-state index in [0.29, 0.717) is 12.8 Å². The zero-order valence-electron chi connectivity index (χ0n) is 12.2. The number of carbonyl (C=O) groups is 1. The molecule has 0 bridgehead atoms. The molecule has 1 aliphatic carbocycles. The number of aryl methyl sites for hydroxylation is 1. The summed E-state index contributed by atoms with van der Waals surface area (Å²) in [5.41, 5.74) is 6.53. The summed E-state index contributed by atoms with van der Waals surface area (Å²) in [5.74, 6) is 0.494. The Balaban J connectivity index is 2.00. The monoisotopic (exact) mass is 277 g/mol. The fourth-order valence-corrected chi connectivity index (χ4v) is 2.74. The molecule has 2 unspecified atom stereocenters. The van der Waals surface area contributed by atoms with Crippen LogP contribution in [0.15, 0.2) is 24.3 Å². The molecule has 20 heavy (non-hydrogen) atoms. The van der Waals surface area contributed by atoms with Crippen molar-refractivity contribution in [2.24, 2.45) is 5.73 Å². The van der Waals surface area contributed by atoms with Crippen molar-refractivity contribution in [1.82, 2.24) is 0 Å². The Labute approximate surface area is 120 Å². The second-order valence-electron chi connectivity index (χ2n) is 5.48. The third-order valence-electron chi connectivity index (χ3n) is 3.97. The Bertz CT molecular complexity index is 457. The molecule has 2 atom stereocenters. The fraction of sp³-hybridized carbons (Fsp3) is 0.562. The van der Waals surface area contributed by atoms with Crippen LogP contribution < -0.4 is 10.5 Å². The summed E-state index contributed by atoms with van der Waals surface area (Å²) >= 11 is 0. The van der Waals surface area contributed by atoms with Gasteiger partial charge in [0, 0.05) is 6.42 Å². The fourth-order valence-electron chi connectivity index (χ4n) is 2.74. The number of ether oxygens (including phenoxy) is 2. The van der Waals surface area contributed by atoms with E-state index in [2.05, 4.69) is 19.1 Å². The van der Waals surface area contributed by atoms with Gasteiger partial charge in [0.2, 0.25) is 0 Å². The lowest BCUT2D eigenvalue weighted by Crippen LogP contribution is -2.53. The molecule has 110 valence electrons. The molecule has 0 saturated heterocycles. The molecule has 1 fully saturated rings. The maximum Gasteiger partial charge on any atom is 0.325 e. The standard InChI is InChI=1S/C16H23NO3/c1-3-12-6-8-13(9-7-12)20-14-5-4-10-16(17,11-14)15(18)19-2/h6-9,14H,3-5,10-11,17H2,1-2H3. The number of esters is 1. The van der Waals surface area contributed by atoms with E-state index in [4.69, 9.17) is 15.2 Å². The lowest BCUT2D eigenvalue weighted by Gasteiger charge is -2.35. The average molecular weight is 277 g/mol. The summed E-state index contributed by atoms with van der Waals surface area (Å²) in [5, 5.41) is 0. The first-order valence-electron chi connectivity index (χ1n) is 7.20. The predicted molar refractivity (Wildman–Crippen MR) is 77.6 cm³/mol. The number of hydrogen-bond donors (Lipinski definition) is 1. The maximum absolute atomic E-state index is 11.8. The van der Waals surface area contributed by atoms with E-state index in [1.54, 1.807) is 0 Å². The molecular weight excluding hydrogens is 254 g/mol. The molecule has 2 N–H and O–H groups in total. The van der Waals surface area contributed by atoms with Crippen molar-refractivity contribution in [3.05, 3.63) is 29.8 Å². The van der Waals surface area contributed by atoms with Crippen LogP contribution >= 0.6 is 0 Å². The van der Waals surface area contributed by atoms with Crippen LogP contribution in [0.25, 0.3) is 0 Å². The normalized spacial score (nSPS) is 26.1. The quantitative estimate of drug-likeness (QED) is 0.859. The van der Waals surface area contributed by atoms with Gasteiger partial charge in [-0.2, -0.15) is 0 Å². The first-order valence-corrected chi connectivity index (χ1v) is 7.20. The van der Waals surface area contributed by atoms with Crippen molar-refractivity contribution in [3.63, 3.8) is 0 Å². The summed E-state index contributed by atoms with van der Waals surface area (Å²) < 4.78 is 10.8. The molecule has 1 aromatic rings. The first-order chi connectivity index (χ1) is 9.57. The molecule has 0 radical (unpaired) electrons. The predicted octanol–water partition coefficient (Wildman–Crippen LogP) is 2.44. The molecule has 1 saturated carbocycles. The molecule has 0 aliphatic heterocycles. The molecule has 0 amide bonds. The Hall–Kier alpha value is -1.55. The van der Waals surface area contributed by atoms with Crippen LogP contribution in [0.3, 0.4) is 0 Å². The number of methoxy groups -OCH3 is 1. The van der Waals surface area contributed by atoms with E-state index < -0.39 is 5.54 Å². The van der Waals surface area contributed by atoms with Gasteiger partial charge in [-0.05, 0) is 43.4 Å². The van der Waals surface area contributed by atoms with Gasteiger partial charge in [-0.25, -0.2) is 0 Å². The van der Waals surface area contributed by atoms with E-state index in [-0.39, 0.29) is 12.1 Å². The Morgan fingerprint density at radius 2 is 2.10 bits per heavy atom. The Kier molecular flexibility index (Phi) is 4.65. The largest absolute Gasteiger partial charge is 0.490 e. The highest BCUT2D eigenvalue weighted by Crippen LogP contribution is 2.30. The van der Waals surface area contributed by atoms with E-state index in [9.17, 15) is 4.79 Å². The highest BCUT2D eigenvalue weighted by Gasteiger charge is 2.41. The maximum atomic E-state index is 11.8. The molecule has 0 aromatic heterocycles. The number of nitrogens with two attached hydrogens (primary N) is 1. The Morgan fingerprint density at radius 3 is 2.70 bits per heavy atom. The van der Waals surface area contributed by atoms with Crippen molar-refractivity contribution >= 4 is 5.97 Å². The minimum Gasteiger partial charge on any atom is -0.490 e. The lowest BCUT2D eigenvalue weighted by atomic mass is 9.81. The first kappa shape index (κ1) is 14.9. The van der Waals surface area contributed by atoms with Gasteiger partial charge < -0.3 is 15.2 Å². The van der Waals surface area contributed by atoms with Crippen LogP contribution in [0.1, 0.15) is 38.2 Å². The van der Waals surface area contributed by atoms with Gasteiger partial charge in [0.25, 0.3) is 0 Å². The van der Waals surface area contributed by atoms with E-state index in [1.165, 1.54) is 12.7 Å². The second kappa shape index (κ2) is 6.27. The smallest absolute Gasteiger partial charge is 0.325 e. The molecule has 0 spiro atoms. The highest BCUT2D eigenvalue weighted by molar-refractivity contribution is 5.80. The minimum atomic E-state index is -0.902. The molecule has 4 heteroatoms. The molecule has 4 nitrogen and oxygen atoms in total. The van der Waals surface area contributed by atoms with Crippen LogP contribution in [-0.4, -0.2) is 24.7 Å². The van der Waals surface area contributed by atoms with Crippen molar-refractivity contribution in [3.8, 4) is 5.75 Å². The molecule has 1 aliphatic rings. The highest BCUT2D eigenvalue weighted by atomic mass is 16.5. The van der Waals surface area contributed by atoms with Crippen LogP contribution in [0.2, 0.25) is 0 Å². The summed E-state index contributed by atoms with van der Waals surface area (Å²) in [6.45, 7) is 2.12. The lowest BCUT2D eigenvalue weighted by molar-refractivity contribution is -0.149. The third kappa shape index (κ3) is 3.31. The van der Waals surface area contributed by atoms with Crippen LogP contribution in [0.5, 0.6) is 5.75 Å². The van der Waals surface area contributed by atoms with Gasteiger partial charge in [0.05, 0.1) is 7.11 Å². The summed E-state index contributed by atoms with van der Waals surface area (Å²) in [6.07, 6.45) is 3.95. The summed E-state index contributed by atoms with van der Waals surface area (Å²) in [6, 6.07) is 8.08. The van der Waals surface area contributed by atoms with Crippen molar-refractivity contribution in [2.75, 3.05) is 7.11 Å².